The number of phenols is 1. The third-order valence-electron chi connectivity index (χ3n) is 4.78. The molecule has 0 spiro atoms. The first-order chi connectivity index (χ1) is 15.2. The number of rotatable bonds is 10. The normalized spacial score (nSPS) is 11.4. The molecule has 2 aromatic rings. The van der Waals surface area contributed by atoms with Crippen molar-refractivity contribution in [2.24, 2.45) is 0 Å². The number of carbonyl (C=O) groups is 2. The Hall–Kier alpha value is -3.60. The van der Waals surface area contributed by atoms with E-state index in [1.165, 1.54) is 6.08 Å². The van der Waals surface area contributed by atoms with Crippen LogP contribution in [0.3, 0.4) is 0 Å². The lowest BCUT2D eigenvalue weighted by molar-refractivity contribution is -0.139. The Kier molecular flexibility index (Phi) is 9.48. The fraction of sp³-hybridized carbons (Fsp3) is 0.259. The van der Waals surface area contributed by atoms with Crippen LogP contribution < -0.4 is 0 Å². The van der Waals surface area contributed by atoms with Crippen LogP contribution >= 0.6 is 0 Å². The van der Waals surface area contributed by atoms with E-state index < -0.39 is 5.97 Å². The maximum absolute atomic E-state index is 12.1. The smallest absolute Gasteiger partial charge is 0.328 e. The Morgan fingerprint density at radius 2 is 1.59 bits per heavy atom. The Labute approximate surface area is 189 Å². The lowest BCUT2D eigenvalue weighted by Crippen LogP contribution is -2.04. The van der Waals surface area contributed by atoms with E-state index in [4.69, 9.17) is 9.84 Å². The minimum atomic E-state index is -1.04. The molecule has 0 unspecified atom stereocenters. The van der Waals surface area contributed by atoms with Gasteiger partial charge in [0.1, 0.15) is 11.5 Å². The van der Waals surface area contributed by atoms with Gasteiger partial charge in [0.05, 0.1) is 0 Å². The highest BCUT2D eigenvalue weighted by molar-refractivity contribution is 5.85. The van der Waals surface area contributed by atoms with Gasteiger partial charge in [-0.25, -0.2) is 4.79 Å². The van der Waals surface area contributed by atoms with Crippen LogP contribution in [0.15, 0.2) is 72.0 Å². The van der Waals surface area contributed by atoms with E-state index in [1.54, 1.807) is 25.1 Å². The summed E-state index contributed by atoms with van der Waals surface area (Å²) in [6, 6.07) is 13.3. The molecular formula is C27H30O5. The molecule has 0 aliphatic rings. The van der Waals surface area contributed by atoms with E-state index in [9.17, 15) is 14.7 Å². The van der Waals surface area contributed by atoms with Crippen molar-refractivity contribution >= 4 is 18.0 Å². The molecular weight excluding hydrogens is 404 g/mol. The van der Waals surface area contributed by atoms with E-state index in [-0.39, 0.29) is 18.1 Å². The number of aliphatic carboxylic acids is 1. The van der Waals surface area contributed by atoms with Crippen molar-refractivity contribution in [3.8, 4) is 5.75 Å². The van der Waals surface area contributed by atoms with Gasteiger partial charge in [0.15, 0.2) is 0 Å². The minimum absolute atomic E-state index is 0.162. The molecule has 0 heterocycles. The number of carboxylic acid groups (broad SMARTS) is 1. The summed E-state index contributed by atoms with van der Waals surface area (Å²) in [5.74, 6) is -0.730. The van der Waals surface area contributed by atoms with Crippen LogP contribution in [0.25, 0.3) is 6.08 Å². The molecule has 5 heteroatoms. The Bertz CT molecular complexity index is 1030. The zero-order valence-corrected chi connectivity index (χ0v) is 18.8. The first-order valence-electron chi connectivity index (χ1n) is 10.5. The van der Waals surface area contributed by atoms with Crippen molar-refractivity contribution in [3.05, 3.63) is 94.3 Å². The number of allylic oxidation sites excluding steroid dienone is 4. The van der Waals surface area contributed by atoms with E-state index in [1.807, 2.05) is 50.3 Å². The molecule has 0 saturated heterocycles. The maximum Gasteiger partial charge on any atom is 0.328 e. The number of carboxylic acids is 1. The SMILES string of the molecule is CC(C)=CCc1cc(C=CC(=O)O)cc(CC=C(C)OC(=O)CCc2ccccc2)c1O. The van der Waals surface area contributed by atoms with Crippen molar-refractivity contribution in [1.82, 2.24) is 0 Å². The van der Waals surface area contributed by atoms with Crippen LogP contribution in [0.2, 0.25) is 0 Å². The molecule has 2 rings (SSSR count). The Balaban J connectivity index is 2.11. The highest BCUT2D eigenvalue weighted by Crippen LogP contribution is 2.28. The number of hydrogen-bond acceptors (Lipinski definition) is 4. The largest absolute Gasteiger partial charge is 0.507 e. The number of ether oxygens (including phenoxy) is 1. The number of hydrogen-bond donors (Lipinski definition) is 2. The van der Waals surface area contributed by atoms with Crippen molar-refractivity contribution in [1.29, 1.82) is 0 Å². The van der Waals surface area contributed by atoms with Gasteiger partial charge in [0.25, 0.3) is 0 Å². The predicted molar refractivity (Wildman–Crippen MR) is 126 cm³/mol. The molecule has 0 atom stereocenters. The second-order valence-electron chi connectivity index (χ2n) is 7.82. The van der Waals surface area contributed by atoms with Gasteiger partial charge in [-0.05, 0) is 86.6 Å². The van der Waals surface area contributed by atoms with E-state index >= 15 is 0 Å². The zero-order chi connectivity index (χ0) is 23.5. The average Bonchev–Trinajstić information content (AvgIpc) is 2.75. The number of esters is 1. The van der Waals surface area contributed by atoms with Crippen LogP contribution in [0, 0.1) is 0 Å². The number of phenolic OH excluding ortho intramolecular Hbond substituents is 1. The lowest BCUT2D eigenvalue weighted by Gasteiger charge is -2.11. The maximum atomic E-state index is 12.1. The zero-order valence-electron chi connectivity index (χ0n) is 18.8. The third-order valence-corrected chi connectivity index (χ3v) is 4.78. The van der Waals surface area contributed by atoms with Gasteiger partial charge in [-0.2, -0.15) is 0 Å². The summed E-state index contributed by atoms with van der Waals surface area (Å²) in [4.78, 5) is 23.0. The summed E-state index contributed by atoms with van der Waals surface area (Å²) >= 11 is 0. The van der Waals surface area contributed by atoms with Crippen LogP contribution in [0.5, 0.6) is 5.75 Å². The van der Waals surface area contributed by atoms with E-state index in [2.05, 4.69) is 0 Å². The van der Waals surface area contributed by atoms with Crippen LogP contribution in [0.4, 0.5) is 0 Å². The van der Waals surface area contributed by atoms with Gasteiger partial charge >= 0.3 is 11.9 Å². The number of aromatic hydroxyl groups is 1. The Morgan fingerprint density at radius 1 is 0.969 bits per heavy atom. The second-order valence-corrected chi connectivity index (χ2v) is 7.82. The van der Waals surface area contributed by atoms with Crippen LogP contribution in [0.1, 0.15) is 49.4 Å². The van der Waals surface area contributed by atoms with E-state index in [0.29, 0.717) is 41.7 Å². The summed E-state index contributed by atoms with van der Waals surface area (Å²) in [6.45, 7) is 5.66. The standard InChI is InChI=1S/C27H30O5/c1-19(2)9-13-23-17-22(11-15-25(28)29)18-24(27(23)31)14-10-20(3)32-26(30)16-12-21-7-5-4-6-8-21/h4-11,15,17-18,31H,12-14,16H2,1-3H3,(H,28,29). The van der Waals surface area contributed by atoms with Gasteiger partial charge in [-0.3, -0.25) is 4.79 Å². The van der Waals surface area contributed by atoms with Crippen LogP contribution in [-0.2, 0) is 33.6 Å². The van der Waals surface area contributed by atoms with Gasteiger partial charge in [0.2, 0.25) is 0 Å². The summed E-state index contributed by atoms with van der Waals surface area (Å²) in [7, 11) is 0. The summed E-state index contributed by atoms with van der Waals surface area (Å²) < 4.78 is 5.39. The highest BCUT2D eigenvalue weighted by Gasteiger charge is 2.10. The first kappa shape index (κ1) is 24.7. The van der Waals surface area contributed by atoms with Gasteiger partial charge < -0.3 is 14.9 Å². The quantitative estimate of drug-likeness (QED) is 0.219. The van der Waals surface area contributed by atoms with Crippen LogP contribution in [-0.4, -0.2) is 22.2 Å². The first-order valence-corrected chi connectivity index (χ1v) is 10.5. The van der Waals surface area contributed by atoms with Crippen molar-refractivity contribution in [2.45, 2.75) is 46.5 Å². The summed E-state index contributed by atoms with van der Waals surface area (Å²) in [6.07, 6.45) is 8.08. The number of aryl methyl sites for hydroxylation is 1. The number of benzene rings is 2. The molecule has 0 saturated carbocycles. The Morgan fingerprint density at radius 3 is 2.19 bits per heavy atom. The highest BCUT2D eigenvalue weighted by atomic mass is 16.5. The third kappa shape index (κ3) is 8.64. The molecule has 2 aromatic carbocycles. The molecule has 0 radical (unpaired) electrons. The van der Waals surface area contributed by atoms with Gasteiger partial charge in [-0.15, -0.1) is 0 Å². The summed E-state index contributed by atoms with van der Waals surface area (Å²) in [5.41, 5.74) is 4.22. The van der Waals surface area contributed by atoms with Gasteiger partial charge in [0, 0.05) is 12.5 Å². The fourth-order valence-corrected chi connectivity index (χ4v) is 3.09. The molecule has 32 heavy (non-hydrogen) atoms. The molecule has 5 nitrogen and oxygen atoms in total. The van der Waals surface area contributed by atoms with Crippen molar-refractivity contribution in [2.75, 3.05) is 0 Å². The molecule has 0 aliphatic carbocycles. The predicted octanol–water partition coefficient (Wildman–Crippen LogP) is 5.62. The van der Waals surface area contributed by atoms with Gasteiger partial charge in [-0.1, -0.05) is 42.0 Å². The molecule has 0 aliphatic heterocycles. The topological polar surface area (TPSA) is 83.8 Å². The summed E-state index contributed by atoms with van der Waals surface area (Å²) in [5, 5.41) is 19.6. The van der Waals surface area contributed by atoms with E-state index in [0.717, 1.165) is 17.2 Å². The monoisotopic (exact) mass is 434 g/mol. The van der Waals surface area contributed by atoms with Crippen molar-refractivity contribution in [3.63, 3.8) is 0 Å². The second kappa shape index (κ2) is 12.3. The minimum Gasteiger partial charge on any atom is -0.507 e. The molecule has 0 fully saturated rings. The average molecular weight is 435 g/mol. The molecule has 0 aromatic heterocycles. The lowest BCUT2D eigenvalue weighted by atomic mass is 9.98. The molecule has 168 valence electrons. The number of carbonyl (C=O) groups excluding carboxylic acids is 1. The molecule has 2 N–H and O–H groups in total. The fourth-order valence-electron chi connectivity index (χ4n) is 3.09. The van der Waals surface area contributed by atoms with Crippen molar-refractivity contribution < 1.29 is 24.5 Å². The molecule has 0 bridgehead atoms. The molecule has 0 amide bonds.